The molecule has 24 heavy (non-hydrogen) atoms. The number of ketones is 1. The third-order valence-corrected chi connectivity index (χ3v) is 5.70. The molecule has 128 valence electrons. The van der Waals surface area contributed by atoms with E-state index in [9.17, 15) is 14.4 Å². The maximum absolute atomic E-state index is 12.5. The van der Waals surface area contributed by atoms with E-state index < -0.39 is 11.5 Å². The number of hydrogen-bond acceptors (Lipinski definition) is 5. The number of hydrogen-bond donors (Lipinski definition) is 1. The highest BCUT2D eigenvalue weighted by molar-refractivity contribution is 6.00. The molecule has 1 aliphatic heterocycles. The average molecular weight is 331 g/mol. The smallest absolute Gasteiger partial charge is 0.344 e. The number of carbonyl (C=O) groups excluding carboxylic acids is 2. The summed E-state index contributed by atoms with van der Waals surface area (Å²) in [6, 6.07) is 1.41. The number of rotatable bonds is 2. The van der Waals surface area contributed by atoms with Crippen molar-refractivity contribution in [2.75, 3.05) is 6.61 Å². The fourth-order valence-corrected chi connectivity index (χ4v) is 4.42. The number of carbonyl (C=O) groups is 2. The Balaban J connectivity index is 1.60. The Morgan fingerprint density at radius 3 is 2.92 bits per heavy atom. The molecular formula is C18H21NO5. The zero-order chi connectivity index (χ0) is 17.1. The second-order valence-corrected chi connectivity index (χ2v) is 7.57. The second-order valence-electron chi connectivity index (χ2n) is 7.57. The lowest BCUT2D eigenvalue weighted by molar-refractivity contribution is -0.183. The molecule has 0 spiro atoms. The average Bonchev–Trinajstić information content (AvgIpc) is 2.99. The Morgan fingerprint density at radius 1 is 1.33 bits per heavy atom. The van der Waals surface area contributed by atoms with Gasteiger partial charge in [-0.05, 0) is 25.3 Å². The second kappa shape index (κ2) is 5.28. The molecule has 1 saturated heterocycles. The Bertz CT molecular complexity index is 778. The minimum Gasteiger partial charge on any atom is -0.458 e. The summed E-state index contributed by atoms with van der Waals surface area (Å²) in [6.45, 7) is 4.71. The molecule has 3 atom stereocenters. The Hall–Kier alpha value is -1.95. The summed E-state index contributed by atoms with van der Waals surface area (Å²) in [5.74, 6) is -0.488. The molecule has 2 heterocycles. The molecule has 1 aromatic rings. The summed E-state index contributed by atoms with van der Waals surface area (Å²) >= 11 is 0. The van der Waals surface area contributed by atoms with Crippen molar-refractivity contribution in [3.63, 3.8) is 0 Å². The molecule has 1 aromatic heterocycles. The molecule has 1 saturated carbocycles. The van der Waals surface area contributed by atoms with Gasteiger partial charge in [0.2, 0.25) is 0 Å². The fourth-order valence-electron chi connectivity index (χ4n) is 4.42. The summed E-state index contributed by atoms with van der Waals surface area (Å²) < 4.78 is 11.4. The molecule has 0 aromatic carbocycles. The number of H-pyrrole nitrogens is 1. The zero-order valence-corrected chi connectivity index (χ0v) is 13.9. The number of esters is 1. The summed E-state index contributed by atoms with van der Waals surface area (Å²) in [6.07, 6.45) is 2.55. The van der Waals surface area contributed by atoms with Gasteiger partial charge >= 0.3 is 5.97 Å². The first-order valence-electron chi connectivity index (χ1n) is 8.51. The molecule has 0 bridgehead atoms. The van der Waals surface area contributed by atoms with Gasteiger partial charge in [-0.15, -0.1) is 0 Å². The number of ether oxygens (including phenoxy) is 2. The summed E-state index contributed by atoms with van der Waals surface area (Å²) in [7, 11) is 0. The van der Waals surface area contributed by atoms with Crippen LogP contribution in [0.15, 0.2) is 10.9 Å². The van der Waals surface area contributed by atoms with Gasteiger partial charge in [0.05, 0.1) is 6.10 Å². The Kier molecular flexibility index (Phi) is 3.42. The minimum absolute atomic E-state index is 0.0326. The SMILES string of the molecule is CC1(C)C2OCCC2C1OC(=O)c1cc2c([nH]c1=O)CCCC2=O. The molecule has 6 heteroatoms. The van der Waals surface area contributed by atoms with Crippen LogP contribution in [0.4, 0.5) is 0 Å². The van der Waals surface area contributed by atoms with Crippen molar-refractivity contribution in [1.29, 1.82) is 0 Å². The number of aryl methyl sites for hydroxylation is 1. The lowest BCUT2D eigenvalue weighted by Crippen LogP contribution is -2.61. The Morgan fingerprint density at radius 2 is 2.12 bits per heavy atom. The molecule has 0 radical (unpaired) electrons. The quantitative estimate of drug-likeness (QED) is 0.836. The topological polar surface area (TPSA) is 85.5 Å². The van der Waals surface area contributed by atoms with Crippen molar-refractivity contribution in [3.8, 4) is 0 Å². The molecule has 1 N–H and O–H groups in total. The van der Waals surface area contributed by atoms with Crippen LogP contribution in [0.2, 0.25) is 0 Å². The molecule has 3 unspecified atom stereocenters. The predicted molar refractivity (Wildman–Crippen MR) is 85.2 cm³/mol. The van der Waals surface area contributed by atoms with Gasteiger partial charge in [0.1, 0.15) is 11.7 Å². The first-order chi connectivity index (χ1) is 11.4. The first kappa shape index (κ1) is 15.6. The summed E-state index contributed by atoms with van der Waals surface area (Å²) in [4.78, 5) is 39.5. The third kappa shape index (κ3) is 2.16. The van der Waals surface area contributed by atoms with E-state index in [4.69, 9.17) is 9.47 Å². The van der Waals surface area contributed by atoms with Crippen LogP contribution in [-0.2, 0) is 15.9 Å². The van der Waals surface area contributed by atoms with E-state index in [0.717, 1.165) is 12.8 Å². The molecule has 2 aliphatic carbocycles. The maximum Gasteiger partial charge on any atom is 0.344 e. The molecular weight excluding hydrogens is 310 g/mol. The number of aromatic nitrogens is 1. The summed E-state index contributed by atoms with van der Waals surface area (Å²) in [5, 5.41) is 0. The molecule has 0 amide bonds. The van der Waals surface area contributed by atoms with Gasteiger partial charge < -0.3 is 14.5 Å². The van der Waals surface area contributed by atoms with Gasteiger partial charge in [-0.2, -0.15) is 0 Å². The van der Waals surface area contributed by atoms with Crippen LogP contribution in [0.3, 0.4) is 0 Å². The van der Waals surface area contributed by atoms with Gasteiger partial charge in [-0.1, -0.05) is 13.8 Å². The normalized spacial score (nSPS) is 30.2. The van der Waals surface area contributed by atoms with E-state index in [1.165, 1.54) is 6.07 Å². The van der Waals surface area contributed by atoms with Gasteiger partial charge in [0.25, 0.3) is 5.56 Å². The van der Waals surface area contributed by atoms with Crippen LogP contribution in [-0.4, -0.2) is 35.6 Å². The lowest BCUT2D eigenvalue weighted by Gasteiger charge is -2.53. The van der Waals surface area contributed by atoms with Crippen LogP contribution in [0, 0.1) is 11.3 Å². The number of nitrogens with one attached hydrogen (secondary N) is 1. The Labute approximate surface area is 139 Å². The van der Waals surface area contributed by atoms with Crippen LogP contribution in [0.25, 0.3) is 0 Å². The van der Waals surface area contributed by atoms with E-state index in [1.807, 2.05) is 13.8 Å². The zero-order valence-electron chi connectivity index (χ0n) is 13.9. The lowest BCUT2D eigenvalue weighted by atomic mass is 9.59. The van der Waals surface area contributed by atoms with Gasteiger partial charge in [-0.3, -0.25) is 9.59 Å². The van der Waals surface area contributed by atoms with Crippen molar-refractivity contribution in [3.05, 3.63) is 33.2 Å². The van der Waals surface area contributed by atoms with Crippen molar-refractivity contribution in [2.45, 2.75) is 51.7 Å². The van der Waals surface area contributed by atoms with Crippen LogP contribution >= 0.6 is 0 Å². The summed E-state index contributed by atoms with van der Waals surface area (Å²) in [5.41, 5.74) is 0.254. The van der Waals surface area contributed by atoms with Crippen LogP contribution < -0.4 is 5.56 Å². The van der Waals surface area contributed by atoms with E-state index in [0.29, 0.717) is 30.7 Å². The van der Waals surface area contributed by atoms with Gasteiger partial charge in [0, 0.05) is 35.6 Å². The number of aromatic amines is 1. The van der Waals surface area contributed by atoms with Crippen molar-refractivity contribution >= 4 is 11.8 Å². The van der Waals surface area contributed by atoms with E-state index in [2.05, 4.69) is 4.98 Å². The third-order valence-electron chi connectivity index (χ3n) is 5.70. The van der Waals surface area contributed by atoms with Gasteiger partial charge in [0.15, 0.2) is 5.78 Å². The van der Waals surface area contributed by atoms with E-state index in [1.54, 1.807) is 0 Å². The van der Waals surface area contributed by atoms with Gasteiger partial charge in [-0.25, -0.2) is 4.79 Å². The number of fused-ring (bicyclic) bond motifs is 2. The number of Topliss-reactive ketones (excluding diaryl/α,β-unsaturated/α-hetero) is 1. The monoisotopic (exact) mass is 331 g/mol. The number of pyridine rings is 1. The van der Waals surface area contributed by atoms with Crippen molar-refractivity contribution < 1.29 is 19.1 Å². The van der Waals surface area contributed by atoms with Crippen molar-refractivity contribution in [2.24, 2.45) is 11.3 Å². The molecule has 2 fully saturated rings. The van der Waals surface area contributed by atoms with E-state index in [-0.39, 0.29) is 34.9 Å². The molecule has 3 aliphatic rings. The standard InChI is InChI=1S/C18H21NO5/c1-18(2)14-9(6-7-23-14)15(18)24-17(22)11-8-10-12(19-16(11)21)4-3-5-13(10)20/h8-9,14-15H,3-7H2,1-2H3,(H,19,21). The molecule has 6 nitrogen and oxygen atoms in total. The largest absolute Gasteiger partial charge is 0.458 e. The highest BCUT2D eigenvalue weighted by atomic mass is 16.6. The van der Waals surface area contributed by atoms with Crippen LogP contribution in [0.1, 0.15) is 59.5 Å². The van der Waals surface area contributed by atoms with E-state index >= 15 is 0 Å². The first-order valence-corrected chi connectivity index (χ1v) is 8.51. The predicted octanol–water partition coefficient (Wildman–Crippen LogP) is 1.86. The minimum atomic E-state index is -0.652. The van der Waals surface area contributed by atoms with Crippen molar-refractivity contribution in [1.82, 2.24) is 4.98 Å². The maximum atomic E-state index is 12.5. The highest BCUT2D eigenvalue weighted by Crippen LogP contribution is 2.53. The highest BCUT2D eigenvalue weighted by Gasteiger charge is 2.61. The fraction of sp³-hybridized carbons (Fsp3) is 0.611. The van der Waals surface area contributed by atoms with Crippen LogP contribution in [0.5, 0.6) is 0 Å². The molecule has 4 rings (SSSR count).